The second-order valence-electron chi connectivity index (χ2n) is 7.37. The molecule has 0 saturated heterocycles. The van der Waals surface area contributed by atoms with Crippen molar-refractivity contribution in [2.45, 2.75) is 31.6 Å². The third-order valence-corrected chi connectivity index (χ3v) is 6.03. The van der Waals surface area contributed by atoms with E-state index < -0.39 is 0 Å². The van der Waals surface area contributed by atoms with Crippen molar-refractivity contribution >= 4 is 17.7 Å². The first kappa shape index (κ1) is 21.8. The van der Waals surface area contributed by atoms with E-state index in [1.165, 1.54) is 17.3 Å². The quantitative estimate of drug-likeness (QED) is 0.401. The van der Waals surface area contributed by atoms with Crippen LogP contribution >= 0.6 is 11.8 Å². The van der Waals surface area contributed by atoms with Crippen LogP contribution in [0.4, 0.5) is 0 Å². The molecular formula is C25H25N5OS. The molecule has 2 aromatic heterocycles. The third-order valence-electron chi connectivity index (χ3n) is 5.06. The SMILES string of the molecule is CCn1c(SCC(=O)NC(c2ccccc2)c2ccccn2)nnc1-c1cccc(C)c1. The summed E-state index contributed by atoms with van der Waals surface area (Å²) in [5.74, 6) is 0.967. The lowest BCUT2D eigenvalue weighted by Crippen LogP contribution is -2.31. The summed E-state index contributed by atoms with van der Waals surface area (Å²) in [6.45, 7) is 4.83. The molecule has 7 heteroatoms. The second-order valence-corrected chi connectivity index (χ2v) is 8.32. The minimum Gasteiger partial charge on any atom is -0.343 e. The van der Waals surface area contributed by atoms with Gasteiger partial charge in [0.15, 0.2) is 11.0 Å². The van der Waals surface area contributed by atoms with Crippen LogP contribution in [-0.4, -0.2) is 31.4 Å². The zero-order chi connectivity index (χ0) is 22.3. The van der Waals surface area contributed by atoms with Crippen LogP contribution in [0.25, 0.3) is 11.4 Å². The molecule has 0 bridgehead atoms. The molecule has 2 heterocycles. The third kappa shape index (κ3) is 5.06. The normalized spacial score (nSPS) is 11.8. The van der Waals surface area contributed by atoms with Gasteiger partial charge >= 0.3 is 0 Å². The van der Waals surface area contributed by atoms with Crippen molar-refractivity contribution in [2.75, 3.05) is 5.75 Å². The molecule has 32 heavy (non-hydrogen) atoms. The maximum atomic E-state index is 12.9. The summed E-state index contributed by atoms with van der Waals surface area (Å²) in [7, 11) is 0. The van der Waals surface area contributed by atoms with Crippen LogP contribution in [0.1, 0.15) is 29.8 Å². The molecule has 2 aromatic carbocycles. The number of pyridine rings is 1. The average molecular weight is 444 g/mol. The molecule has 4 aromatic rings. The summed E-state index contributed by atoms with van der Waals surface area (Å²) >= 11 is 1.39. The van der Waals surface area contributed by atoms with Crippen molar-refractivity contribution in [1.29, 1.82) is 0 Å². The molecule has 0 fully saturated rings. The zero-order valence-electron chi connectivity index (χ0n) is 18.1. The predicted octanol–water partition coefficient (Wildman–Crippen LogP) is 4.67. The number of carbonyl (C=O) groups excluding carboxylic acids is 1. The van der Waals surface area contributed by atoms with Crippen LogP contribution in [0, 0.1) is 6.92 Å². The summed E-state index contributed by atoms with van der Waals surface area (Å²) in [6, 6.07) is 23.5. The predicted molar refractivity (Wildman–Crippen MR) is 127 cm³/mol. The molecule has 1 N–H and O–H groups in total. The van der Waals surface area contributed by atoms with Crippen LogP contribution < -0.4 is 5.32 Å². The molecule has 0 radical (unpaired) electrons. The van der Waals surface area contributed by atoms with E-state index in [9.17, 15) is 4.79 Å². The molecule has 6 nitrogen and oxygen atoms in total. The molecule has 0 aliphatic carbocycles. The number of hydrogen-bond acceptors (Lipinski definition) is 5. The lowest BCUT2D eigenvalue weighted by molar-refractivity contribution is -0.119. The van der Waals surface area contributed by atoms with Crippen molar-refractivity contribution in [3.63, 3.8) is 0 Å². The molecule has 162 valence electrons. The molecular weight excluding hydrogens is 418 g/mol. The Labute approximate surface area is 192 Å². The summed E-state index contributed by atoms with van der Waals surface area (Å²) in [5.41, 5.74) is 3.98. The van der Waals surface area contributed by atoms with Crippen molar-refractivity contribution in [1.82, 2.24) is 25.1 Å². The fraction of sp³-hybridized carbons (Fsp3) is 0.200. The van der Waals surface area contributed by atoms with Crippen LogP contribution in [0.2, 0.25) is 0 Å². The topological polar surface area (TPSA) is 72.7 Å². The van der Waals surface area contributed by atoms with Gasteiger partial charge in [-0.2, -0.15) is 0 Å². The Morgan fingerprint density at radius 1 is 1.03 bits per heavy atom. The van der Waals surface area contributed by atoms with E-state index in [1.807, 2.05) is 65.2 Å². The van der Waals surface area contributed by atoms with E-state index in [0.717, 1.165) is 34.3 Å². The lowest BCUT2D eigenvalue weighted by atomic mass is 10.0. The molecule has 1 unspecified atom stereocenters. The molecule has 0 aliphatic rings. The first-order valence-corrected chi connectivity index (χ1v) is 11.5. The van der Waals surface area contributed by atoms with Gasteiger partial charge in [0.25, 0.3) is 0 Å². The Balaban J connectivity index is 1.48. The number of carbonyl (C=O) groups is 1. The first-order valence-electron chi connectivity index (χ1n) is 10.5. The average Bonchev–Trinajstić information content (AvgIpc) is 3.25. The van der Waals surface area contributed by atoms with Crippen molar-refractivity contribution < 1.29 is 4.79 Å². The van der Waals surface area contributed by atoms with Crippen molar-refractivity contribution in [2.24, 2.45) is 0 Å². The number of hydrogen-bond donors (Lipinski definition) is 1. The number of aryl methyl sites for hydroxylation is 1. The number of thioether (sulfide) groups is 1. The molecule has 1 amide bonds. The number of nitrogens with zero attached hydrogens (tertiary/aromatic N) is 4. The fourth-order valence-corrected chi connectivity index (χ4v) is 4.34. The Kier molecular flexibility index (Phi) is 6.97. The summed E-state index contributed by atoms with van der Waals surface area (Å²) in [6.07, 6.45) is 1.74. The summed E-state index contributed by atoms with van der Waals surface area (Å²) in [4.78, 5) is 17.3. The Hall–Kier alpha value is -3.45. The Morgan fingerprint density at radius 2 is 1.84 bits per heavy atom. The van der Waals surface area contributed by atoms with Crippen molar-refractivity contribution in [3.05, 3.63) is 95.8 Å². The van der Waals surface area contributed by atoms with Crippen LogP contribution in [0.5, 0.6) is 0 Å². The van der Waals surface area contributed by atoms with Gasteiger partial charge in [0.1, 0.15) is 0 Å². The van der Waals surface area contributed by atoms with Gasteiger partial charge in [0.2, 0.25) is 5.91 Å². The fourth-order valence-electron chi connectivity index (χ4n) is 3.53. The number of benzene rings is 2. The number of aromatic nitrogens is 4. The van der Waals surface area contributed by atoms with Gasteiger partial charge in [0.05, 0.1) is 17.5 Å². The highest BCUT2D eigenvalue weighted by molar-refractivity contribution is 7.99. The van der Waals surface area contributed by atoms with Gasteiger partial charge in [-0.25, -0.2) is 0 Å². The maximum Gasteiger partial charge on any atom is 0.231 e. The van der Waals surface area contributed by atoms with E-state index in [2.05, 4.69) is 46.5 Å². The zero-order valence-corrected chi connectivity index (χ0v) is 18.9. The maximum absolute atomic E-state index is 12.9. The molecule has 0 spiro atoms. The summed E-state index contributed by atoms with van der Waals surface area (Å²) < 4.78 is 2.04. The van der Waals surface area contributed by atoms with Gasteiger partial charge in [0, 0.05) is 18.3 Å². The van der Waals surface area contributed by atoms with Gasteiger partial charge in [-0.1, -0.05) is 71.9 Å². The highest BCUT2D eigenvalue weighted by Gasteiger charge is 2.19. The van der Waals surface area contributed by atoms with E-state index in [-0.39, 0.29) is 17.7 Å². The minimum atomic E-state index is -0.308. The highest BCUT2D eigenvalue weighted by atomic mass is 32.2. The number of rotatable bonds is 8. The largest absolute Gasteiger partial charge is 0.343 e. The highest BCUT2D eigenvalue weighted by Crippen LogP contribution is 2.25. The van der Waals surface area contributed by atoms with Crippen LogP contribution in [-0.2, 0) is 11.3 Å². The van der Waals surface area contributed by atoms with E-state index in [4.69, 9.17) is 0 Å². The molecule has 0 saturated carbocycles. The molecule has 1 atom stereocenters. The Morgan fingerprint density at radius 3 is 2.56 bits per heavy atom. The monoisotopic (exact) mass is 443 g/mol. The van der Waals surface area contributed by atoms with Crippen LogP contribution in [0.3, 0.4) is 0 Å². The van der Waals surface area contributed by atoms with Gasteiger partial charge in [-0.3, -0.25) is 9.78 Å². The minimum absolute atomic E-state index is 0.0859. The van der Waals surface area contributed by atoms with Crippen LogP contribution in [0.15, 0.2) is 84.1 Å². The smallest absolute Gasteiger partial charge is 0.231 e. The van der Waals surface area contributed by atoms with Gasteiger partial charge in [-0.15, -0.1) is 10.2 Å². The number of nitrogens with one attached hydrogen (secondary N) is 1. The van der Waals surface area contributed by atoms with Crippen molar-refractivity contribution in [3.8, 4) is 11.4 Å². The number of amides is 1. The van der Waals surface area contributed by atoms with E-state index >= 15 is 0 Å². The molecule has 4 rings (SSSR count). The Bertz CT molecular complexity index is 1140. The standard InChI is InChI=1S/C25H25N5OS/c1-3-30-24(20-13-9-10-18(2)16-20)28-29-25(30)32-17-22(31)27-23(19-11-5-4-6-12-19)21-14-7-8-15-26-21/h4-16,23H,3,17H2,1-2H3,(H,27,31). The molecule has 0 aliphatic heterocycles. The van der Waals surface area contributed by atoms with E-state index in [1.54, 1.807) is 6.20 Å². The van der Waals surface area contributed by atoms with E-state index in [0.29, 0.717) is 0 Å². The lowest BCUT2D eigenvalue weighted by Gasteiger charge is -2.18. The summed E-state index contributed by atoms with van der Waals surface area (Å²) in [5, 5.41) is 12.6. The second kappa shape index (κ2) is 10.2. The van der Waals surface area contributed by atoms with Gasteiger partial charge < -0.3 is 9.88 Å². The first-order chi connectivity index (χ1) is 15.7. The van der Waals surface area contributed by atoms with Gasteiger partial charge in [-0.05, 0) is 37.6 Å².